The van der Waals surface area contributed by atoms with E-state index in [4.69, 9.17) is 0 Å². The van der Waals surface area contributed by atoms with Crippen molar-refractivity contribution in [1.82, 2.24) is 0 Å². The molecule has 0 aromatic carbocycles. The Kier molecular flexibility index (Phi) is 6.09. The third-order valence-electron chi connectivity index (χ3n) is 2.25. The molecule has 0 unspecified atom stereocenters. The van der Waals surface area contributed by atoms with Crippen LogP contribution in [0, 0.1) is 5.92 Å². The molecule has 0 aromatic rings. The van der Waals surface area contributed by atoms with Gasteiger partial charge in [-0.2, -0.15) is 0 Å². The zero-order valence-corrected chi connectivity index (χ0v) is 8.80. The van der Waals surface area contributed by atoms with Crippen molar-refractivity contribution in [3.63, 3.8) is 0 Å². The molecule has 1 nitrogen and oxygen atoms in total. The van der Waals surface area contributed by atoms with Gasteiger partial charge < -0.3 is 5.11 Å². The van der Waals surface area contributed by atoms with Crippen LogP contribution in [0.25, 0.3) is 0 Å². The van der Waals surface area contributed by atoms with Crippen LogP contribution in [0.4, 0.5) is 0 Å². The second-order valence-corrected chi connectivity index (χ2v) is 3.81. The van der Waals surface area contributed by atoms with Gasteiger partial charge in [0.15, 0.2) is 0 Å². The van der Waals surface area contributed by atoms with E-state index in [-0.39, 0.29) is 6.10 Å². The van der Waals surface area contributed by atoms with Gasteiger partial charge in [-0.25, -0.2) is 0 Å². The number of allylic oxidation sites excluding steroid dienone is 2. The monoisotopic (exact) mass is 170 g/mol. The summed E-state index contributed by atoms with van der Waals surface area (Å²) >= 11 is 0. The maximum Gasteiger partial charge on any atom is 0.0563 e. The first-order chi connectivity index (χ1) is 5.57. The Balaban J connectivity index is 3.57. The topological polar surface area (TPSA) is 20.2 Å². The normalized spacial score (nSPS) is 15.4. The largest absolute Gasteiger partial charge is 0.393 e. The van der Waals surface area contributed by atoms with Crippen molar-refractivity contribution in [1.29, 1.82) is 0 Å². The van der Waals surface area contributed by atoms with Gasteiger partial charge in [0.1, 0.15) is 0 Å². The van der Waals surface area contributed by atoms with Crippen LogP contribution in [-0.4, -0.2) is 11.2 Å². The Morgan fingerprint density at radius 2 is 2.00 bits per heavy atom. The first-order valence-corrected chi connectivity index (χ1v) is 4.89. The molecule has 0 aliphatic heterocycles. The molecule has 72 valence electrons. The van der Waals surface area contributed by atoms with Crippen LogP contribution in [-0.2, 0) is 0 Å². The second kappa shape index (κ2) is 6.24. The summed E-state index contributed by atoms with van der Waals surface area (Å²) in [7, 11) is 0. The van der Waals surface area contributed by atoms with Gasteiger partial charge in [-0.1, -0.05) is 25.5 Å². The van der Waals surface area contributed by atoms with Gasteiger partial charge in [0.25, 0.3) is 0 Å². The average Bonchev–Trinajstić information content (AvgIpc) is 2.02. The number of hydrogen-bond donors (Lipinski definition) is 1. The van der Waals surface area contributed by atoms with Crippen molar-refractivity contribution >= 4 is 0 Å². The van der Waals surface area contributed by atoms with Gasteiger partial charge in [0, 0.05) is 0 Å². The third kappa shape index (κ3) is 5.36. The van der Waals surface area contributed by atoms with Crippen LogP contribution in [0.15, 0.2) is 11.6 Å². The first-order valence-electron chi connectivity index (χ1n) is 4.89. The van der Waals surface area contributed by atoms with Gasteiger partial charge in [0.2, 0.25) is 0 Å². The zero-order valence-electron chi connectivity index (χ0n) is 8.80. The molecule has 0 bridgehead atoms. The lowest BCUT2D eigenvalue weighted by Crippen LogP contribution is -2.15. The van der Waals surface area contributed by atoms with Crippen LogP contribution in [0.5, 0.6) is 0 Å². The van der Waals surface area contributed by atoms with E-state index in [9.17, 15) is 5.11 Å². The second-order valence-electron chi connectivity index (χ2n) is 3.81. The molecule has 0 aliphatic carbocycles. The molecule has 0 spiro atoms. The summed E-state index contributed by atoms with van der Waals surface area (Å²) in [5.41, 5.74) is 1.37. The lowest BCUT2D eigenvalue weighted by molar-refractivity contribution is 0.108. The Labute approximate surface area is 76.5 Å². The van der Waals surface area contributed by atoms with E-state index in [0.29, 0.717) is 5.92 Å². The Morgan fingerprint density at radius 3 is 2.42 bits per heavy atom. The van der Waals surface area contributed by atoms with E-state index in [2.05, 4.69) is 26.8 Å². The van der Waals surface area contributed by atoms with Crippen molar-refractivity contribution < 1.29 is 5.11 Å². The van der Waals surface area contributed by atoms with Gasteiger partial charge in [-0.3, -0.25) is 0 Å². The molecular weight excluding hydrogens is 148 g/mol. The van der Waals surface area contributed by atoms with Crippen LogP contribution in [0.1, 0.15) is 47.0 Å². The quantitative estimate of drug-likeness (QED) is 0.628. The van der Waals surface area contributed by atoms with Gasteiger partial charge >= 0.3 is 0 Å². The summed E-state index contributed by atoms with van der Waals surface area (Å²) in [5.74, 6) is 0.436. The van der Waals surface area contributed by atoms with E-state index in [1.807, 2.05) is 6.92 Å². The minimum absolute atomic E-state index is 0.115. The molecule has 0 radical (unpaired) electrons. The Bertz CT molecular complexity index is 134. The maximum atomic E-state index is 9.47. The van der Waals surface area contributed by atoms with Gasteiger partial charge in [-0.05, 0) is 39.0 Å². The van der Waals surface area contributed by atoms with Crippen molar-refractivity contribution in [2.24, 2.45) is 5.92 Å². The average molecular weight is 170 g/mol. The molecule has 2 atom stereocenters. The fraction of sp³-hybridized carbons (Fsp3) is 0.818. The fourth-order valence-corrected chi connectivity index (χ4v) is 1.23. The van der Waals surface area contributed by atoms with E-state index < -0.39 is 0 Å². The molecule has 0 saturated heterocycles. The minimum Gasteiger partial charge on any atom is -0.393 e. The molecule has 12 heavy (non-hydrogen) atoms. The van der Waals surface area contributed by atoms with Crippen LogP contribution in [0.3, 0.4) is 0 Å². The lowest BCUT2D eigenvalue weighted by atomic mass is 9.97. The Morgan fingerprint density at radius 1 is 1.42 bits per heavy atom. The van der Waals surface area contributed by atoms with Gasteiger partial charge in [0.05, 0.1) is 6.10 Å². The molecule has 0 aliphatic rings. The lowest BCUT2D eigenvalue weighted by Gasteiger charge is -2.15. The standard InChI is InChI=1S/C11H22O/c1-5-11(12)10(4)8-6-7-9(2)3/h7,10-12H,5-6,8H2,1-4H3/t10-,11-/m1/s1. The van der Waals surface area contributed by atoms with E-state index in [0.717, 1.165) is 19.3 Å². The zero-order chi connectivity index (χ0) is 9.56. The molecule has 0 heterocycles. The fourth-order valence-electron chi connectivity index (χ4n) is 1.23. The molecule has 0 rings (SSSR count). The van der Waals surface area contributed by atoms with Crippen LogP contribution >= 0.6 is 0 Å². The first kappa shape index (κ1) is 11.7. The van der Waals surface area contributed by atoms with Gasteiger partial charge in [-0.15, -0.1) is 0 Å². The molecule has 0 saturated carbocycles. The molecule has 0 amide bonds. The number of aliphatic hydroxyl groups excluding tert-OH is 1. The van der Waals surface area contributed by atoms with Crippen molar-refractivity contribution in [2.45, 2.75) is 53.1 Å². The maximum absolute atomic E-state index is 9.47. The smallest absolute Gasteiger partial charge is 0.0563 e. The number of aliphatic hydroxyl groups is 1. The molecule has 1 N–H and O–H groups in total. The van der Waals surface area contributed by atoms with E-state index in [1.165, 1.54) is 5.57 Å². The van der Waals surface area contributed by atoms with E-state index in [1.54, 1.807) is 0 Å². The van der Waals surface area contributed by atoms with E-state index >= 15 is 0 Å². The molecular formula is C11H22O. The SMILES string of the molecule is CC[C@@H](O)[C@H](C)CCC=C(C)C. The molecule has 1 heteroatoms. The summed E-state index contributed by atoms with van der Waals surface area (Å²) in [4.78, 5) is 0. The molecule has 0 fully saturated rings. The highest BCUT2D eigenvalue weighted by atomic mass is 16.3. The number of hydrogen-bond acceptors (Lipinski definition) is 1. The summed E-state index contributed by atoms with van der Waals surface area (Å²) in [6, 6.07) is 0. The van der Waals surface area contributed by atoms with Crippen LogP contribution < -0.4 is 0 Å². The predicted molar refractivity (Wildman–Crippen MR) is 54.1 cm³/mol. The Hall–Kier alpha value is -0.300. The van der Waals surface area contributed by atoms with Crippen molar-refractivity contribution in [3.05, 3.63) is 11.6 Å². The number of rotatable bonds is 5. The highest BCUT2D eigenvalue weighted by Crippen LogP contribution is 2.14. The highest BCUT2D eigenvalue weighted by molar-refractivity contribution is 4.92. The van der Waals surface area contributed by atoms with Crippen molar-refractivity contribution in [3.8, 4) is 0 Å². The summed E-state index contributed by atoms with van der Waals surface area (Å²) in [6.45, 7) is 8.37. The highest BCUT2D eigenvalue weighted by Gasteiger charge is 2.10. The summed E-state index contributed by atoms with van der Waals surface area (Å²) < 4.78 is 0. The predicted octanol–water partition coefficient (Wildman–Crippen LogP) is 3.14. The van der Waals surface area contributed by atoms with Crippen LogP contribution in [0.2, 0.25) is 0 Å². The molecule has 0 aromatic heterocycles. The summed E-state index contributed by atoms with van der Waals surface area (Å²) in [5, 5.41) is 9.47. The minimum atomic E-state index is -0.115. The van der Waals surface area contributed by atoms with Crippen molar-refractivity contribution in [2.75, 3.05) is 0 Å². The third-order valence-corrected chi connectivity index (χ3v) is 2.25. The summed E-state index contributed by atoms with van der Waals surface area (Å²) in [6.07, 6.45) is 5.19.